The number of nitro groups is 1. The van der Waals surface area contributed by atoms with Gasteiger partial charge in [-0.2, -0.15) is 0 Å². The lowest BCUT2D eigenvalue weighted by molar-refractivity contribution is -0.385. The van der Waals surface area contributed by atoms with Crippen molar-refractivity contribution in [2.75, 3.05) is 46.3 Å². The van der Waals surface area contributed by atoms with Crippen LogP contribution in [0.5, 0.6) is 11.5 Å². The SMILES string of the molecule is COc1cc(C(=O)N(CCCN(C)C)c2nc3c(F)cc(F)cc3s2)c([N+](=O)[O-])cc1OC. The lowest BCUT2D eigenvalue weighted by atomic mass is 10.1. The number of methoxy groups -OCH3 is 2. The third kappa shape index (κ3) is 5.17. The number of ether oxygens (including phenoxy) is 2. The summed E-state index contributed by atoms with van der Waals surface area (Å²) in [6, 6.07) is 4.17. The number of halogens is 2. The maximum Gasteiger partial charge on any atom is 0.286 e. The molecule has 1 heterocycles. The first kappa shape index (κ1) is 24.3. The van der Waals surface area contributed by atoms with E-state index in [1.54, 1.807) is 0 Å². The monoisotopic (exact) mass is 480 g/mol. The highest BCUT2D eigenvalue weighted by molar-refractivity contribution is 7.22. The molecule has 3 aromatic rings. The first-order chi connectivity index (χ1) is 15.7. The van der Waals surface area contributed by atoms with Crippen LogP contribution in [0.2, 0.25) is 0 Å². The van der Waals surface area contributed by atoms with Gasteiger partial charge in [-0.3, -0.25) is 19.8 Å². The average Bonchev–Trinajstić information content (AvgIpc) is 3.18. The Labute approximate surface area is 192 Å². The van der Waals surface area contributed by atoms with E-state index in [0.717, 1.165) is 23.5 Å². The van der Waals surface area contributed by atoms with Crippen molar-refractivity contribution in [2.24, 2.45) is 0 Å². The van der Waals surface area contributed by atoms with Gasteiger partial charge in [-0.05, 0) is 33.1 Å². The molecule has 176 valence electrons. The van der Waals surface area contributed by atoms with E-state index < -0.39 is 28.2 Å². The molecule has 2 aromatic carbocycles. The van der Waals surface area contributed by atoms with E-state index in [0.29, 0.717) is 19.0 Å². The molecule has 0 saturated heterocycles. The molecule has 0 saturated carbocycles. The molecule has 0 spiro atoms. The molecule has 33 heavy (non-hydrogen) atoms. The molecule has 1 aromatic heterocycles. The summed E-state index contributed by atoms with van der Waals surface area (Å²) >= 11 is 0.922. The van der Waals surface area contributed by atoms with Gasteiger partial charge in [-0.25, -0.2) is 13.8 Å². The van der Waals surface area contributed by atoms with Crippen molar-refractivity contribution in [3.05, 3.63) is 51.6 Å². The number of amides is 1. The van der Waals surface area contributed by atoms with Crippen molar-refractivity contribution < 1.29 is 28.0 Å². The zero-order valence-electron chi connectivity index (χ0n) is 18.4. The first-order valence-corrected chi connectivity index (χ1v) is 10.6. The van der Waals surface area contributed by atoms with E-state index >= 15 is 0 Å². The van der Waals surface area contributed by atoms with E-state index in [1.807, 2.05) is 19.0 Å². The molecule has 0 unspecified atom stereocenters. The fraction of sp³-hybridized carbons (Fsp3) is 0.333. The fourth-order valence-corrected chi connectivity index (χ4v) is 4.26. The van der Waals surface area contributed by atoms with Crippen molar-refractivity contribution in [1.29, 1.82) is 0 Å². The second-order valence-corrected chi connectivity index (χ2v) is 8.33. The quantitative estimate of drug-likeness (QED) is 0.336. The van der Waals surface area contributed by atoms with Crippen molar-refractivity contribution in [1.82, 2.24) is 9.88 Å². The highest BCUT2D eigenvalue weighted by Gasteiger charge is 2.30. The molecule has 1 amide bonds. The van der Waals surface area contributed by atoms with Crippen LogP contribution in [-0.2, 0) is 0 Å². The van der Waals surface area contributed by atoms with Gasteiger partial charge in [0.05, 0.1) is 29.9 Å². The second kappa shape index (κ2) is 10.0. The van der Waals surface area contributed by atoms with E-state index in [4.69, 9.17) is 9.47 Å². The van der Waals surface area contributed by atoms with E-state index in [1.165, 1.54) is 25.2 Å². The number of nitrogens with zero attached hydrogens (tertiary/aromatic N) is 4. The van der Waals surface area contributed by atoms with Gasteiger partial charge in [0.15, 0.2) is 22.4 Å². The van der Waals surface area contributed by atoms with Gasteiger partial charge in [-0.1, -0.05) is 11.3 Å². The van der Waals surface area contributed by atoms with Crippen molar-refractivity contribution >= 4 is 38.3 Å². The topological polar surface area (TPSA) is 98.0 Å². The summed E-state index contributed by atoms with van der Waals surface area (Å²) in [5.41, 5.74) is -0.800. The Morgan fingerprint density at radius 2 is 1.79 bits per heavy atom. The fourth-order valence-electron chi connectivity index (χ4n) is 3.23. The molecule has 9 nitrogen and oxygen atoms in total. The molecule has 0 atom stereocenters. The number of fused-ring (bicyclic) bond motifs is 1. The standard InChI is InChI=1S/C21H22F2N4O5S/c1-25(2)6-5-7-26(21-24-19-14(23)8-12(22)9-18(19)33-21)20(28)13-10-16(31-3)17(32-4)11-15(13)27(29)30/h8-11H,5-7H2,1-4H3. The molecule has 0 radical (unpaired) electrons. The van der Waals surface area contributed by atoms with Crippen molar-refractivity contribution in [3.63, 3.8) is 0 Å². The minimum atomic E-state index is -0.856. The van der Waals surface area contributed by atoms with Crippen LogP contribution in [0.4, 0.5) is 19.6 Å². The van der Waals surface area contributed by atoms with Crippen LogP contribution in [0.15, 0.2) is 24.3 Å². The predicted molar refractivity (Wildman–Crippen MR) is 121 cm³/mol. The van der Waals surface area contributed by atoms with Gasteiger partial charge >= 0.3 is 0 Å². The molecule has 0 aliphatic heterocycles. The Morgan fingerprint density at radius 3 is 2.39 bits per heavy atom. The molecule has 12 heteroatoms. The average molecular weight is 480 g/mol. The van der Waals surface area contributed by atoms with Gasteiger partial charge in [0.1, 0.15) is 16.9 Å². The van der Waals surface area contributed by atoms with Crippen LogP contribution < -0.4 is 14.4 Å². The van der Waals surface area contributed by atoms with Gasteiger partial charge in [0.2, 0.25) is 0 Å². The third-order valence-electron chi connectivity index (χ3n) is 4.79. The minimum Gasteiger partial charge on any atom is -0.493 e. The summed E-state index contributed by atoms with van der Waals surface area (Å²) in [6.45, 7) is 0.762. The number of hydrogen-bond acceptors (Lipinski definition) is 8. The number of thiazole rings is 1. The van der Waals surface area contributed by atoms with Crippen molar-refractivity contribution in [2.45, 2.75) is 6.42 Å². The Balaban J connectivity index is 2.12. The normalized spacial score (nSPS) is 11.1. The molecule has 0 aliphatic rings. The van der Waals surface area contributed by atoms with Crippen molar-refractivity contribution in [3.8, 4) is 11.5 Å². The molecular weight excluding hydrogens is 458 g/mol. The number of hydrogen-bond donors (Lipinski definition) is 0. The zero-order chi connectivity index (χ0) is 24.3. The number of rotatable bonds is 9. The summed E-state index contributed by atoms with van der Waals surface area (Å²) in [5, 5.41) is 11.8. The van der Waals surface area contributed by atoms with Crippen LogP contribution in [0.1, 0.15) is 16.8 Å². The van der Waals surface area contributed by atoms with Crippen LogP contribution >= 0.6 is 11.3 Å². The Hall–Kier alpha value is -3.38. The number of carbonyl (C=O) groups excluding carboxylic acids is 1. The lowest BCUT2D eigenvalue weighted by Crippen LogP contribution is -2.34. The van der Waals surface area contributed by atoms with Crippen LogP contribution in [0, 0.1) is 21.7 Å². The van der Waals surface area contributed by atoms with Gasteiger partial charge in [-0.15, -0.1) is 0 Å². The number of nitro benzene ring substituents is 1. The van der Waals surface area contributed by atoms with Crippen LogP contribution in [0.3, 0.4) is 0 Å². The Bertz CT molecular complexity index is 1200. The first-order valence-electron chi connectivity index (χ1n) is 9.78. The van der Waals surface area contributed by atoms with Gasteiger partial charge < -0.3 is 14.4 Å². The zero-order valence-corrected chi connectivity index (χ0v) is 19.2. The summed E-state index contributed by atoms with van der Waals surface area (Å²) in [4.78, 5) is 31.9. The smallest absolute Gasteiger partial charge is 0.286 e. The maximum absolute atomic E-state index is 14.2. The molecule has 0 N–H and O–H groups in total. The van der Waals surface area contributed by atoms with E-state index in [2.05, 4.69) is 4.98 Å². The molecule has 0 bridgehead atoms. The highest BCUT2D eigenvalue weighted by atomic mass is 32.1. The largest absolute Gasteiger partial charge is 0.493 e. The van der Waals surface area contributed by atoms with Crippen LogP contribution in [-0.4, -0.2) is 62.1 Å². The Kier molecular flexibility index (Phi) is 7.39. The summed E-state index contributed by atoms with van der Waals surface area (Å²) in [6.07, 6.45) is 0.507. The lowest BCUT2D eigenvalue weighted by Gasteiger charge is -2.21. The number of carbonyl (C=O) groups is 1. The van der Waals surface area contributed by atoms with E-state index in [9.17, 15) is 23.7 Å². The predicted octanol–water partition coefficient (Wildman–Crippen LogP) is 4.10. The third-order valence-corrected chi connectivity index (χ3v) is 5.82. The molecule has 0 aliphatic carbocycles. The summed E-state index contributed by atoms with van der Waals surface area (Å²) < 4.78 is 38.4. The second-order valence-electron chi connectivity index (χ2n) is 7.33. The number of benzene rings is 2. The number of anilines is 1. The van der Waals surface area contributed by atoms with Gasteiger partial charge in [0.25, 0.3) is 11.6 Å². The Morgan fingerprint density at radius 1 is 1.12 bits per heavy atom. The summed E-state index contributed by atoms with van der Waals surface area (Å²) in [7, 11) is 6.39. The molecule has 3 rings (SSSR count). The maximum atomic E-state index is 14.2. The number of aromatic nitrogens is 1. The molecular formula is C21H22F2N4O5S. The molecule has 0 fully saturated rings. The summed E-state index contributed by atoms with van der Waals surface area (Å²) in [5.74, 6) is -2.11. The van der Waals surface area contributed by atoms with Gasteiger partial charge in [0, 0.05) is 18.7 Å². The van der Waals surface area contributed by atoms with Crippen LogP contribution in [0.25, 0.3) is 10.2 Å². The highest BCUT2D eigenvalue weighted by Crippen LogP contribution is 2.37. The van der Waals surface area contributed by atoms with E-state index in [-0.39, 0.29) is 39.0 Å². The minimum absolute atomic E-state index is 0.0800.